The Balaban J connectivity index is 1.67. The van der Waals surface area contributed by atoms with Crippen LogP contribution in [0.25, 0.3) is 0 Å². The van der Waals surface area contributed by atoms with Crippen molar-refractivity contribution in [2.75, 3.05) is 32.1 Å². The molecule has 8 heteroatoms. The standard InChI is InChI=1S/C22H26N2O5S/c1-3-14-29-20-8-4-7-18(15-20)23-22(25)17-6-5-13-24(16-17)30(26,27)21-11-9-19(28-2)10-12-21/h3-4,7-12,15,17H,1,5-6,13-14,16H2,2H3,(H,23,25)/t17-/m1/s1. The number of anilines is 1. The number of nitrogens with one attached hydrogen (secondary N) is 1. The van der Waals surface area contributed by atoms with E-state index in [0.29, 0.717) is 43.2 Å². The SMILES string of the molecule is C=CCOc1cccc(NC(=O)[C@@H]2CCCN(S(=O)(=O)c3ccc(OC)cc3)C2)c1. The molecule has 0 unspecified atom stereocenters. The highest BCUT2D eigenvalue weighted by Gasteiger charge is 2.33. The highest BCUT2D eigenvalue weighted by atomic mass is 32.2. The Hall–Kier alpha value is -2.84. The summed E-state index contributed by atoms with van der Waals surface area (Å²) in [6.45, 7) is 4.52. The first-order valence-electron chi connectivity index (χ1n) is 9.73. The number of piperidine rings is 1. The van der Waals surface area contributed by atoms with E-state index in [1.54, 1.807) is 42.5 Å². The predicted octanol–water partition coefficient (Wildman–Crippen LogP) is 3.30. The molecule has 30 heavy (non-hydrogen) atoms. The van der Waals surface area contributed by atoms with Crippen molar-refractivity contribution in [3.63, 3.8) is 0 Å². The van der Waals surface area contributed by atoms with Crippen LogP contribution < -0.4 is 14.8 Å². The number of sulfonamides is 1. The number of amides is 1. The van der Waals surface area contributed by atoms with Crippen molar-refractivity contribution in [2.24, 2.45) is 5.92 Å². The summed E-state index contributed by atoms with van der Waals surface area (Å²) in [7, 11) is -2.15. The molecule has 1 aliphatic rings. The van der Waals surface area contributed by atoms with E-state index >= 15 is 0 Å². The van der Waals surface area contributed by atoms with Crippen LogP contribution in [0.5, 0.6) is 11.5 Å². The number of benzene rings is 2. The van der Waals surface area contributed by atoms with Gasteiger partial charge < -0.3 is 14.8 Å². The fraction of sp³-hybridized carbons (Fsp3) is 0.318. The Labute approximate surface area is 177 Å². The summed E-state index contributed by atoms with van der Waals surface area (Å²) >= 11 is 0. The Morgan fingerprint density at radius 2 is 2.00 bits per heavy atom. The van der Waals surface area contributed by atoms with Crippen molar-refractivity contribution in [1.82, 2.24) is 4.31 Å². The molecule has 1 heterocycles. The molecule has 0 aromatic heterocycles. The molecule has 1 aliphatic heterocycles. The zero-order chi connectivity index (χ0) is 21.6. The third kappa shape index (κ3) is 5.20. The molecule has 160 valence electrons. The predicted molar refractivity (Wildman–Crippen MR) is 115 cm³/mol. The molecule has 0 aliphatic carbocycles. The summed E-state index contributed by atoms with van der Waals surface area (Å²) in [5.74, 6) is 0.583. The number of nitrogens with zero attached hydrogens (tertiary/aromatic N) is 1. The van der Waals surface area contributed by atoms with Gasteiger partial charge in [-0.1, -0.05) is 18.7 Å². The van der Waals surface area contributed by atoms with Crippen molar-refractivity contribution in [3.8, 4) is 11.5 Å². The zero-order valence-electron chi connectivity index (χ0n) is 16.9. The average molecular weight is 431 g/mol. The third-order valence-corrected chi connectivity index (χ3v) is 6.80. The lowest BCUT2D eigenvalue weighted by molar-refractivity contribution is -0.120. The van der Waals surface area contributed by atoms with Crippen LogP contribution in [0.15, 0.2) is 66.1 Å². The Morgan fingerprint density at radius 3 is 2.70 bits per heavy atom. The van der Waals surface area contributed by atoms with E-state index in [-0.39, 0.29) is 17.3 Å². The van der Waals surface area contributed by atoms with Crippen LogP contribution in [-0.2, 0) is 14.8 Å². The number of ether oxygens (including phenoxy) is 2. The van der Waals surface area contributed by atoms with Gasteiger partial charge in [0.15, 0.2) is 0 Å². The van der Waals surface area contributed by atoms with Gasteiger partial charge in [0.05, 0.1) is 17.9 Å². The largest absolute Gasteiger partial charge is 0.497 e. The van der Waals surface area contributed by atoms with Crippen molar-refractivity contribution in [3.05, 3.63) is 61.2 Å². The highest BCUT2D eigenvalue weighted by molar-refractivity contribution is 7.89. The first-order chi connectivity index (χ1) is 14.4. The van der Waals surface area contributed by atoms with Gasteiger partial charge in [-0.3, -0.25) is 4.79 Å². The quantitative estimate of drug-likeness (QED) is 0.650. The molecule has 1 N–H and O–H groups in total. The number of methoxy groups -OCH3 is 1. The van der Waals surface area contributed by atoms with Crippen LogP contribution in [0.2, 0.25) is 0 Å². The van der Waals surface area contributed by atoms with Crippen LogP contribution in [0.1, 0.15) is 12.8 Å². The number of carbonyl (C=O) groups is 1. The molecule has 1 fully saturated rings. The molecule has 0 radical (unpaired) electrons. The average Bonchev–Trinajstić information content (AvgIpc) is 2.78. The second kappa shape index (κ2) is 9.77. The lowest BCUT2D eigenvalue weighted by Crippen LogP contribution is -2.43. The lowest BCUT2D eigenvalue weighted by atomic mass is 9.98. The summed E-state index contributed by atoms with van der Waals surface area (Å²) in [5.41, 5.74) is 0.608. The second-order valence-electron chi connectivity index (χ2n) is 6.99. The molecule has 1 saturated heterocycles. The molecule has 0 bridgehead atoms. The van der Waals surface area contributed by atoms with Crippen LogP contribution in [-0.4, -0.2) is 45.4 Å². The minimum Gasteiger partial charge on any atom is -0.497 e. The summed E-state index contributed by atoms with van der Waals surface area (Å²) in [5, 5.41) is 2.87. The van der Waals surface area contributed by atoms with E-state index in [2.05, 4.69) is 11.9 Å². The van der Waals surface area contributed by atoms with E-state index < -0.39 is 15.9 Å². The number of rotatable bonds is 8. The van der Waals surface area contributed by atoms with Gasteiger partial charge in [0.2, 0.25) is 15.9 Å². The van der Waals surface area contributed by atoms with E-state index in [1.807, 2.05) is 0 Å². The first-order valence-corrected chi connectivity index (χ1v) is 11.2. The second-order valence-corrected chi connectivity index (χ2v) is 8.93. The van der Waals surface area contributed by atoms with Gasteiger partial charge in [0, 0.05) is 24.8 Å². The van der Waals surface area contributed by atoms with Crippen molar-refractivity contribution >= 4 is 21.6 Å². The maximum atomic E-state index is 13.0. The molecule has 7 nitrogen and oxygen atoms in total. The summed E-state index contributed by atoms with van der Waals surface area (Å²) in [6, 6.07) is 13.4. The number of hydrogen-bond donors (Lipinski definition) is 1. The molecule has 1 atom stereocenters. The van der Waals surface area contributed by atoms with Crippen LogP contribution in [0, 0.1) is 5.92 Å². The van der Waals surface area contributed by atoms with Gasteiger partial charge in [0.25, 0.3) is 0 Å². The molecule has 1 amide bonds. The molecular weight excluding hydrogens is 404 g/mol. The minimum atomic E-state index is -3.67. The monoisotopic (exact) mass is 430 g/mol. The smallest absolute Gasteiger partial charge is 0.243 e. The molecule has 2 aromatic rings. The van der Waals surface area contributed by atoms with Gasteiger partial charge in [-0.05, 0) is 49.2 Å². The Morgan fingerprint density at radius 1 is 1.23 bits per heavy atom. The molecule has 0 saturated carbocycles. The van der Waals surface area contributed by atoms with Crippen LogP contribution >= 0.6 is 0 Å². The molecule has 3 rings (SSSR count). The topological polar surface area (TPSA) is 84.9 Å². The number of hydrogen-bond acceptors (Lipinski definition) is 5. The van der Waals surface area contributed by atoms with Crippen molar-refractivity contribution in [1.29, 1.82) is 0 Å². The summed E-state index contributed by atoms with van der Waals surface area (Å²) in [4.78, 5) is 13.0. The van der Waals surface area contributed by atoms with E-state index in [1.165, 1.54) is 23.5 Å². The fourth-order valence-electron chi connectivity index (χ4n) is 3.33. The maximum Gasteiger partial charge on any atom is 0.243 e. The molecule has 2 aromatic carbocycles. The summed E-state index contributed by atoms with van der Waals surface area (Å²) < 4.78 is 37.9. The van der Waals surface area contributed by atoms with Crippen molar-refractivity contribution in [2.45, 2.75) is 17.7 Å². The molecular formula is C22H26N2O5S. The lowest BCUT2D eigenvalue weighted by Gasteiger charge is -2.31. The Bertz CT molecular complexity index is 989. The van der Waals surface area contributed by atoms with Gasteiger partial charge >= 0.3 is 0 Å². The van der Waals surface area contributed by atoms with Gasteiger partial charge in [0.1, 0.15) is 18.1 Å². The minimum absolute atomic E-state index is 0.146. The van der Waals surface area contributed by atoms with E-state index in [9.17, 15) is 13.2 Å². The Kier molecular flexibility index (Phi) is 7.12. The van der Waals surface area contributed by atoms with Crippen molar-refractivity contribution < 1.29 is 22.7 Å². The normalized spacial score (nSPS) is 17.2. The summed E-state index contributed by atoms with van der Waals surface area (Å²) in [6.07, 6.45) is 2.90. The van der Waals surface area contributed by atoms with Crippen LogP contribution in [0.4, 0.5) is 5.69 Å². The maximum absolute atomic E-state index is 13.0. The molecule has 0 spiro atoms. The van der Waals surface area contributed by atoms with Gasteiger partial charge in [-0.15, -0.1) is 0 Å². The fourth-order valence-corrected chi connectivity index (χ4v) is 4.86. The zero-order valence-corrected chi connectivity index (χ0v) is 17.7. The highest BCUT2D eigenvalue weighted by Crippen LogP contribution is 2.26. The van der Waals surface area contributed by atoms with Gasteiger partial charge in [-0.2, -0.15) is 4.31 Å². The number of carbonyl (C=O) groups excluding carboxylic acids is 1. The first kappa shape index (κ1) is 21.9. The van der Waals surface area contributed by atoms with E-state index in [0.717, 1.165) is 0 Å². The third-order valence-electron chi connectivity index (χ3n) is 4.92. The van der Waals surface area contributed by atoms with Crippen LogP contribution in [0.3, 0.4) is 0 Å². The van der Waals surface area contributed by atoms with E-state index in [4.69, 9.17) is 9.47 Å². The van der Waals surface area contributed by atoms with Gasteiger partial charge in [-0.25, -0.2) is 8.42 Å².